The summed E-state index contributed by atoms with van der Waals surface area (Å²) in [6.45, 7) is 0. The van der Waals surface area contributed by atoms with E-state index >= 15 is 0 Å². The van der Waals surface area contributed by atoms with Gasteiger partial charge in [0.25, 0.3) is 5.91 Å². The van der Waals surface area contributed by atoms with Crippen molar-refractivity contribution >= 4 is 17.0 Å². The Labute approximate surface area is 176 Å². The molecule has 3 aromatic rings. The molecule has 2 aliphatic carbocycles. The Morgan fingerprint density at radius 2 is 1.77 bits per heavy atom. The van der Waals surface area contributed by atoms with Gasteiger partial charge in [-0.3, -0.25) is 9.69 Å². The van der Waals surface area contributed by atoms with E-state index in [1.165, 1.54) is 19.3 Å². The van der Waals surface area contributed by atoms with Crippen LogP contribution in [0.1, 0.15) is 42.5 Å². The summed E-state index contributed by atoms with van der Waals surface area (Å²) in [7, 11) is 2.29. The number of benzene rings is 2. The Balaban J connectivity index is 1.23. The first kappa shape index (κ1) is 18.1. The van der Waals surface area contributed by atoms with E-state index in [0.29, 0.717) is 29.0 Å². The van der Waals surface area contributed by atoms with Gasteiger partial charge in [0.15, 0.2) is 5.58 Å². The molecular weight excluding hydrogens is 374 g/mol. The second-order valence-electron chi connectivity index (χ2n) is 9.31. The third kappa shape index (κ3) is 3.03. The van der Waals surface area contributed by atoms with Crippen LogP contribution in [0.25, 0.3) is 22.6 Å². The standard InChI is InChI=1S/C25H27N3O2/c1-28-21-13-17(21)11-10-16-12-18(14-22(16)28)26-24(29)19-8-5-9-20-23(19)30-25(27-20)15-6-3-2-4-7-15/h2-9,16-18,21-22H,10-14H2,1H3,(H,26,29). The molecule has 1 aromatic heterocycles. The number of rotatable bonds is 3. The molecule has 1 amide bonds. The average Bonchev–Trinajstić information content (AvgIpc) is 3.26. The Kier molecular flexibility index (Phi) is 4.20. The SMILES string of the molecule is CN1C2CC(NC(=O)c3cccc4nc(-c5ccccc5)oc34)CC2CCC2CC21. The predicted octanol–water partition coefficient (Wildman–Crippen LogP) is 4.49. The maximum absolute atomic E-state index is 13.2. The quantitative estimate of drug-likeness (QED) is 0.703. The van der Waals surface area contributed by atoms with Crippen LogP contribution in [0.2, 0.25) is 0 Å². The fourth-order valence-electron chi connectivity index (χ4n) is 5.84. The van der Waals surface area contributed by atoms with Gasteiger partial charge >= 0.3 is 0 Å². The van der Waals surface area contributed by atoms with Crippen molar-refractivity contribution in [3.8, 4) is 11.5 Å². The number of oxazole rings is 1. The number of fused-ring (bicyclic) bond motifs is 3. The number of likely N-dealkylation sites (tertiary alicyclic amines) is 1. The number of aromatic nitrogens is 1. The summed E-state index contributed by atoms with van der Waals surface area (Å²) in [5.74, 6) is 2.13. The zero-order chi connectivity index (χ0) is 20.2. The zero-order valence-corrected chi connectivity index (χ0v) is 17.3. The number of carbonyl (C=O) groups is 1. The van der Waals surface area contributed by atoms with Crippen molar-refractivity contribution in [2.75, 3.05) is 7.05 Å². The van der Waals surface area contributed by atoms with Crippen LogP contribution < -0.4 is 5.32 Å². The van der Waals surface area contributed by atoms with Gasteiger partial charge in [0.1, 0.15) is 5.52 Å². The average molecular weight is 402 g/mol. The first-order chi connectivity index (χ1) is 14.7. The number of amides is 1. The maximum atomic E-state index is 13.2. The third-order valence-corrected chi connectivity index (χ3v) is 7.51. The highest BCUT2D eigenvalue weighted by molar-refractivity contribution is 6.04. The molecule has 3 fully saturated rings. The summed E-state index contributed by atoms with van der Waals surface area (Å²) in [4.78, 5) is 20.4. The molecule has 6 rings (SSSR count). The Hall–Kier alpha value is -2.66. The minimum Gasteiger partial charge on any atom is -0.435 e. The Morgan fingerprint density at radius 1 is 1.00 bits per heavy atom. The van der Waals surface area contributed by atoms with Crippen LogP contribution in [0.4, 0.5) is 0 Å². The van der Waals surface area contributed by atoms with E-state index in [-0.39, 0.29) is 11.9 Å². The van der Waals surface area contributed by atoms with Gasteiger partial charge < -0.3 is 9.73 Å². The van der Waals surface area contributed by atoms with Crippen molar-refractivity contribution in [3.63, 3.8) is 0 Å². The minimum absolute atomic E-state index is 0.0511. The molecule has 2 saturated carbocycles. The predicted molar refractivity (Wildman–Crippen MR) is 116 cm³/mol. The molecule has 0 spiro atoms. The van der Waals surface area contributed by atoms with E-state index in [2.05, 4.69) is 22.2 Å². The second-order valence-corrected chi connectivity index (χ2v) is 9.31. The lowest BCUT2D eigenvalue weighted by Gasteiger charge is -2.27. The summed E-state index contributed by atoms with van der Waals surface area (Å²) in [5, 5.41) is 3.31. The lowest BCUT2D eigenvalue weighted by atomic mass is 9.97. The zero-order valence-electron chi connectivity index (χ0n) is 17.3. The summed E-state index contributed by atoms with van der Waals surface area (Å²) in [6, 6.07) is 17.1. The normalized spacial score (nSPS) is 30.5. The molecular formula is C25H27N3O2. The molecule has 1 aliphatic heterocycles. The second kappa shape index (κ2) is 6.95. The molecule has 3 aliphatic rings. The molecule has 5 heteroatoms. The lowest BCUT2D eigenvalue weighted by Crippen LogP contribution is -2.37. The van der Waals surface area contributed by atoms with Gasteiger partial charge in [-0.25, -0.2) is 4.98 Å². The molecule has 2 aromatic carbocycles. The van der Waals surface area contributed by atoms with Crippen LogP contribution in [-0.2, 0) is 0 Å². The number of nitrogens with zero attached hydrogens (tertiary/aromatic N) is 2. The van der Waals surface area contributed by atoms with E-state index in [0.717, 1.165) is 35.9 Å². The van der Waals surface area contributed by atoms with Crippen LogP contribution >= 0.6 is 0 Å². The molecule has 1 N–H and O–H groups in total. The highest BCUT2D eigenvalue weighted by Gasteiger charge is 2.49. The van der Waals surface area contributed by atoms with Crippen molar-refractivity contribution in [2.45, 2.75) is 50.2 Å². The maximum Gasteiger partial charge on any atom is 0.255 e. The third-order valence-electron chi connectivity index (χ3n) is 7.51. The minimum atomic E-state index is -0.0511. The number of hydrogen-bond acceptors (Lipinski definition) is 4. The molecule has 5 unspecified atom stereocenters. The highest BCUT2D eigenvalue weighted by Crippen LogP contribution is 2.48. The van der Waals surface area contributed by atoms with Crippen molar-refractivity contribution in [2.24, 2.45) is 11.8 Å². The van der Waals surface area contributed by atoms with Gasteiger partial charge in [0.2, 0.25) is 5.89 Å². The Bertz CT molecular complexity index is 1090. The number of carbonyl (C=O) groups excluding carboxylic acids is 1. The van der Waals surface area contributed by atoms with Gasteiger partial charge in [-0.15, -0.1) is 0 Å². The van der Waals surface area contributed by atoms with Gasteiger partial charge in [-0.1, -0.05) is 24.3 Å². The fourth-order valence-corrected chi connectivity index (χ4v) is 5.84. The molecule has 1 saturated heterocycles. The van der Waals surface area contributed by atoms with Crippen LogP contribution in [0, 0.1) is 11.8 Å². The molecule has 5 nitrogen and oxygen atoms in total. The summed E-state index contributed by atoms with van der Waals surface area (Å²) in [6.07, 6.45) is 6.17. The fraction of sp³-hybridized carbons (Fsp3) is 0.440. The smallest absolute Gasteiger partial charge is 0.255 e. The molecule has 2 heterocycles. The molecule has 0 radical (unpaired) electrons. The van der Waals surface area contributed by atoms with E-state index < -0.39 is 0 Å². The van der Waals surface area contributed by atoms with E-state index in [1.54, 1.807) is 0 Å². The first-order valence-electron chi connectivity index (χ1n) is 11.1. The number of nitrogens with one attached hydrogen (secondary N) is 1. The summed E-state index contributed by atoms with van der Waals surface area (Å²) < 4.78 is 6.04. The largest absolute Gasteiger partial charge is 0.435 e. The van der Waals surface area contributed by atoms with E-state index in [4.69, 9.17) is 4.42 Å². The van der Waals surface area contributed by atoms with Crippen molar-refractivity contribution < 1.29 is 9.21 Å². The molecule has 30 heavy (non-hydrogen) atoms. The van der Waals surface area contributed by atoms with Crippen molar-refractivity contribution in [1.29, 1.82) is 0 Å². The van der Waals surface area contributed by atoms with Crippen LogP contribution in [0.3, 0.4) is 0 Å². The summed E-state index contributed by atoms with van der Waals surface area (Å²) >= 11 is 0. The number of para-hydroxylation sites is 1. The monoisotopic (exact) mass is 401 g/mol. The molecule has 0 bridgehead atoms. The summed E-state index contributed by atoms with van der Waals surface area (Å²) in [5.41, 5.74) is 2.78. The Morgan fingerprint density at radius 3 is 2.60 bits per heavy atom. The molecule has 154 valence electrons. The van der Waals surface area contributed by atoms with Gasteiger partial charge in [0.05, 0.1) is 5.56 Å². The lowest BCUT2D eigenvalue weighted by molar-refractivity contribution is 0.0936. The van der Waals surface area contributed by atoms with Crippen LogP contribution in [-0.4, -0.2) is 41.0 Å². The van der Waals surface area contributed by atoms with Crippen molar-refractivity contribution in [3.05, 3.63) is 54.1 Å². The molecule has 5 atom stereocenters. The van der Waals surface area contributed by atoms with Gasteiger partial charge in [-0.05, 0) is 75.3 Å². The van der Waals surface area contributed by atoms with Gasteiger partial charge in [0, 0.05) is 23.7 Å². The van der Waals surface area contributed by atoms with E-state index in [1.807, 2.05) is 48.5 Å². The van der Waals surface area contributed by atoms with Crippen LogP contribution in [0.5, 0.6) is 0 Å². The van der Waals surface area contributed by atoms with Gasteiger partial charge in [-0.2, -0.15) is 0 Å². The van der Waals surface area contributed by atoms with E-state index in [9.17, 15) is 4.79 Å². The highest BCUT2D eigenvalue weighted by atomic mass is 16.3. The van der Waals surface area contributed by atoms with Crippen molar-refractivity contribution in [1.82, 2.24) is 15.2 Å². The van der Waals surface area contributed by atoms with Crippen LogP contribution in [0.15, 0.2) is 52.9 Å². The first-order valence-corrected chi connectivity index (χ1v) is 11.1. The topological polar surface area (TPSA) is 58.4 Å². The number of hydrogen-bond donors (Lipinski definition) is 1.